The van der Waals surface area contributed by atoms with Gasteiger partial charge in [-0.3, -0.25) is 19.2 Å². The minimum Gasteiger partial charge on any atom is -0.497 e. The Morgan fingerprint density at radius 1 is 1.05 bits per heavy atom. The van der Waals surface area contributed by atoms with E-state index >= 15 is 0 Å². The van der Waals surface area contributed by atoms with Gasteiger partial charge in [0.25, 0.3) is 0 Å². The van der Waals surface area contributed by atoms with E-state index in [-0.39, 0.29) is 37.3 Å². The molecule has 2 atom stereocenters. The standard InChI is InChI=1S/C15H18N2O4.C8H10O.C6H13NO2/c1-15(9-21-15)14(20)12(17-13(19)8-16-10-18)7-11-5-3-2-4-6-11;1-7-3-5-8(9-2)6-4-7;1-5(2)7-6(9)3-4-8/h2-6,10,12H,7-9H2,1H3,(H,16,18)(H,17,19);3-6H,1-2H3;5,8H,3-4H2,1-2H3,(H,7,9)/t12?,15-;;/m1../s1. The van der Waals surface area contributed by atoms with E-state index in [2.05, 4.69) is 22.9 Å². The van der Waals surface area contributed by atoms with Gasteiger partial charge in [-0.2, -0.15) is 0 Å². The van der Waals surface area contributed by atoms with Crippen molar-refractivity contribution in [1.82, 2.24) is 16.0 Å². The molecule has 214 valence electrons. The van der Waals surface area contributed by atoms with Crippen molar-refractivity contribution < 1.29 is 33.8 Å². The van der Waals surface area contributed by atoms with Gasteiger partial charge in [0.2, 0.25) is 18.2 Å². The second-order valence-electron chi connectivity index (χ2n) is 9.41. The first-order chi connectivity index (χ1) is 18.5. The van der Waals surface area contributed by atoms with Crippen molar-refractivity contribution in [3.8, 4) is 5.75 Å². The van der Waals surface area contributed by atoms with Crippen LogP contribution in [0.1, 0.15) is 38.3 Å². The Morgan fingerprint density at radius 2 is 1.67 bits per heavy atom. The van der Waals surface area contributed by atoms with Crippen molar-refractivity contribution in [1.29, 1.82) is 0 Å². The molecular formula is C29H41N3O7. The molecule has 10 heteroatoms. The number of epoxide rings is 1. The molecule has 39 heavy (non-hydrogen) atoms. The Hall–Kier alpha value is -3.76. The van der Waals surface area contributed by atoms with Crippen LogP contribution in [0.25, 0.3) is 0 Å². The van der Waals surface area contributed by atoms with Crippen LogP contribution in [0.5, 0.6) is 5.75 Å². The van der Waals surface area contributed by atoms with Gasteiger partial charge in [-0.1, -0.05) is 48.0 Å². The van der Waals surface area contributed by atoms with Gasteiger partial charge in [0.05, 0.1) is 32.9 Å². The number of aryl methyl sites for hydroxylation is 1. The van der Waals surface area contributed by atoms with Crippen molar-refractivity contribution in [3.05, 3.63) is 65.7 Å². The zero-order valence-corrected chi connectivity index (χ0v) is 23.4. The molecule has 3 amide bonds. The molecule has 1 fully saturated rings. The number of amides is 3. The Morgan fingerprint density at radius 3 is 2.15 bits per heavy atom. The minimum absolute atomic E-state index is 0.0709. The van der Waals surface area contributed by atoms with Gasteiger partial charge in [0, 0.05) is 12.5 Å². The monoisotopic (exact) mass is 543 g/mol. The van der Waals surface area contributed by atoms with Crippen LogP contribution in [0.15, 0.2) is 54.6 Å². The average Bonchev–Trinajstić information content (AvgIpc) is 3.66. The van der Waals surface area contributed by atoms with E-state index in [1.165, 1.54) is 5.56 Å². The molecule has 1 heterocycles. The number of ether oxygens (including phenoxy) is 2. The highest BCUT2D eigenvalue weighted by molar-refractivity contribution is 5.97. The smallest absolute Gasteiger partial charge is 0.239 e. The largest absolute Gasteiger partial charge is 0.497 e. The number of ketones is 1. The van der Waals surface area contributed by atoms with Crippen LogP contribution in [0.2, 0.25) is 0 Å². The number of hydrogen-bond acceptors (Lipinski definition) is 7. The first-order valence-electron chi connectivity index (χ1n) is 12.7. The van der Waals surface area contributed by atoms with Gasteiger partial charge in [0.1, 0.15) is 11.4 Å². The van der Waals surface area contributed by atoms with Crippen molar-refractivity contribution in [2.24, 2.45) is 0 Å². The van der Waals surface area contributed by atoms with E-state index < -0.39 is 17.6 Å². The van der Waals surface area contributed by atoms with Crippen molar-refractivity contribution in [2.45, 2.75) is 58.2 Å². The summed E-state index contributed by atoms with van der Waals surface area (Å²) < 4.78 is 10.1. The number of carbonyl (C=O) groups is 4. The molecule has 1 aliphatic rings. The van der Waals surface area contributed by atoms with Crippen LogP contribution in [-0.2, 0) is 30.3 Å². The number of carbonyl (C=O) groups excluding carboxylic acids is 4. The number of nitrogens with one attached hydrogen (secondary N) is 3. The summed E-state index contributed by atoms with van der Waals surface area (Å²) in [5.41, 5.74) is 1.41. The third-order valence-corrected chi connectivity index (χ3v) is 5.42. The molecule has 0 aromatic heterocycles. The van der Waals surface area contributed by atoms with Crippen LogP contribution >= 0.6 is 0 Å². The Kier molecular flexibility index (Phi) is 15.1. The predicted molar refractivity (Wildman–Crippen MR) is 148 cm³/mol. The van der Waals surface area contributed by atoms with Gasteiger partial charge in [0.15, 0.2) is 5.78 Å². The Balaban J connectivity index is 0.000000349. The molecule has 1 aliphatic heterocycles. The molecule has 0 spiro atoms. The summed E-state index contributed by atoms with van der Waals surface area (Å²) in [6.45, 7) is 7.69. The van der Waals surface area contributed by atoms with Crippen LogP contribution in [0.3, 0.4) is 0 Å². The maximum Gasteiger partial charge on any atom is 0.239 e. The molecule has 4 N–H and O–H groups in total. The summed E-state index contributed by atoms with van der Waals surface area (Å²) in [6, 6.07) is 16.9. The Bertz CT molecular complexity index is 1020. The second kappa shape index (κ2) is 17.7. The number of rotatable bonds is 12. The van der Waals surface area contributed by atoms with E-state index in [4.69, 9.17) is 14.6 Å². The Labute approximate surface area is 230 Å². The molecule has 10 nitrogen and oxygen atoms in total. The molecule has 1 unspecified atom stereocenters. The summed E-state index contributed by atoms with van der Waals surface area (Å²) in [7, 11) is 1.67. The van der Waals surface area contributed by atoms with Crippen LogP contribution in [0, 0.1) is 6.92 Å². The first-order valence-corrected chi connectivity index (χ1v) is 12.7. The second-order valence-corrected chi connectivity index (χ2v) is 9.41. The molecule has 0 aliphatic carbocycles. The first kappa shape index (κ1) is 33.3. The summed E-state index contributed by atoms with van der Waals surface area (Å²) in [5, 5.41) is 15.9. The number of methoxy groups -OCH3 is 1. The SMILES string of the molecule is CC(C)NC(=O)CCO.COc1ccc(C)cc1.C[C@]1(C(=O)C(Cc2ccccc2)NC(=O)CNC=O)CO1. The number of Topliss-reactive ketones (excluding diaryl/α,β-unsaturated/α-hetero) is 1. The van der Waals surface area contributed by atoms with Crippen molar-refractivity contribution in [3.63, 3.8) is 0 Å². The fourth-order valence-corrected chi connectivity index (χ4v) is 3.23. The van der Waals surface area contributed by atoms with E-state index in [0.717, 1.165) is 11.3 Å². The molecule has 0 bridgehead atoms. The highest BCUT2D eigenvalue weighted by Crippen LogP contribution is 2.29. The average molecular weight is 544 g/mol. The van der Waals surface area contributed by atoms with Gasteiger partial charge in [-0.15, -0.1) is 0 Å². The third kappa shape index (κ3) is 14.1. The number of aliphatic hydroxyl groups is 1. The third-order valence-electron chi connectivity index (χ3n) is 5.42. The number of aliphatic hydroxyl groups excluding tert-OH is 1. The number of hydrogen-bond donors (Lipinski definition) is 4. The maximum absolute atomic E-state index is 12.4. The van der Waals surface area contributed by atoms with Gasteiger partial charge >= 0.3 is 0 Å². The van der Waals surface area contributed by atoms with Crippen molar-refractivity contribution in [2.75, 3.05) is 26.9 Å². The summed E-state index contributed by atoms with van der Waals surface area (Å²) in [4.78, 5) is 44.9. The highest BCUT2D eigenvalue weighted by atomic mass is 16.6. The fraction of sp³-hybridized carbons (Fsp3) is 0.448. The lowest BCUT2D eigenvalue weighted by molar-refractivity contribution is -0.130. The number of benzene rings is 2. The van der Waals surface area contributed by atoms with Gasteiger partial charge in [-0.05, 0) is 51.8 Å². The molecule has 2 aromatic carbocycles. The van der Waals surface area contributed by atoms with Crippen molar-refractivity contribution >= 4 is 24.0 Å². The lowest BCUT2D eigenvalue weighted by Crippen LogP contribution is -2.49. The highest BCUT2D eigenvalue weighted by Gasteiger charge is 2.49. The zero-order valence-electron chi connectivity index (χ0n) is 23.4. The molecule has 2 aromatic rings. The quantitative estimate of drug-likeness (QED) is 0.235. The topological polar surface area (TPSA) is 146 Å². The zero-order chi connectivity index (χ0) is 29.3. The van der Waals surface area contributed by atoms with Gasteiger partial charge < -0.3 is 30.5 Å². The van der Waals surface area contributed by atoms with E-state index in [1.54, 1.807) is 14.0 Å². The van der Waals surface area contributed by atoms with E-state index in [1.807, 2.05) is 68.4 Å². The molecule has 0 saturated carbocycles. The molecular weight excluding hydrogens is 502 g/mol. The summed E-state index contributed by atoms with van der Waals surface area (Å²) in [6.07, 6.45) is 1.04. The van der Waals surface area contributed by atoms with Crippen LogP contribution in [-0.4, -0.2) is 73.7 Å². The van der Waals surface area contributed by atoms with Crippen LogP contribution < -0.4 is 20.7 Å². The maximum atomic E-state index is 12.4. The minimum atomic E-state index is -0.801. The fourth-order valence-electron chi connectivity index (χ4n) is 3.23. The van der Waals surface area contributed by atoms with Gasteiger partial charge in [-0.25, -0.2) is 0 Å². The lowest BCUT2D eigenvalue weighted by atomic mass is 9.95. The van der Waals surface area contributed by atoms with E-state index in [0.29, 0.717) is 19.4 Å². The van der Waals surface area contributed by atoms with Crippen LogP contribution in [0.4, 0.5) is 0 Å². The lowest BCUT2D eigenvalue weighted by Gasteiger charge is -2.19. The van der Waals surface area contributed by atoms with E-state index in [9.17, 15) is 19.2 Å². The molecule has 0 radical (unpaired) electrons. The molecule has 1 saturated heterocycles. The summed E-state index contributed by atoms with van der Waals surface area (Å²) in [5.74, 6) is 0.277. The molecule has 3 rings (SSSR count). The summed E-state index contributed by atoms with van der Waals surface area (Å²) >= 11 is 0. The predicted octanol–water partition coefficient (Wildman–Crippen LogP) is 1.71. The normalized spacial score (nSPS) is 15.8.